The summed E-state index contributed by atoms with van der Waals surface area (Å²) in [5, 5.41) is 5.23. The van der Waals surface area contributed by atoms with Gasteiger partial charge in [0.15, 0.2) is 0 Å². The maximum Gasteiger partial charge on any atom is 0.225 e. The van der Waals surface area contributed by atoms with Gasteiger partial charge in [-0.05, 0) is 29.7 Å². The van der Waals surface area contributed by atoms with E-state index in [1.54, 1.807) is 11.3 Å². The Labute approximate surface area is 107 Å². The van der Waals surface area contributed by atoms with Gasteiger partial charge in [-0.25, -0.2) is 0 Å². The van der Waals surface area contributed by atoms with Gasteiger partial charge >= 0.3 is 0 Å². The molecule has 1 aliphatic rings. The van der Waals surface area contributed by atoms with Crippen LogP contribution in [0, 0.1) is 11.8 Å². The number of amides is 1. The van der Waals surface area contributed by atoms with Crippen LogP contribution < -0.4 is 5.32 Å². The molecular weight excluding hydrogens is 230 g/mol. The summed E-state index contributed by atoms with van der Waals surface area (Å²) < 4.78 is 0. The fourth-order valence-corrected chi connectivity index (χ4v) is 3.32. The molecule has 94 valence electrons. The minimum atomic E-state index is 0.179. The number of nitrogens with one attached hydrogen (secondary N) is 1. The zero-order valence-corrected chi connectivity index (χ0v) is 11.4. The Morgan fingerprint density at radius 1 is 1.47 bits per heavy atom. The molecule has 0 spiro atoms. The molecule has 0 unspecified atom stereocenters. The van der Waals surface area contributed by atoms with E-state index in [-0.39, 0.29) is 5.91 Å². The number of thiophene rings is 1. The average molecular weight is 251 g/mol. The van der Waals surface area contributed by atoms with Crippen LogP contribution in [-0.2, 0) is 11.2 Å². The normalized spacial score (nSPS) is 28.9. The van der Waals surface area contributed by atoms with Gasteiger partial charge in [-0.1, -0.05) is 32.8 Å². The Balaban J connectivity index is 1.85. The second kappa shape index (κ2) is 5.67. The van der Waals surface area contributed by atoms with Gasteiger partial charge in [-0.3, -0.25) is 4.79 Å². The molecule has 0 aliphatic heterocycles. The fourth-order valence-electron chi connectivity index (χ4n) is 2.61. The van der Waals surface area contributed by atoms with Crippen molar-refractivity contribution in [2.75, 3.05) is 0 Å². The summed E-state index contributed by atoms with van der Waals surface area (Å²) >= 11 is 1.65. The Hall–Kier alpha value is -0.830. The van der Waals surface area contributed by atoms with Crippen LogP contribution in [0.2, 0.25) is 0 Å². The van der Waals surface area contributed by atoms with E-state index in [0.717, 1.165) is 17.2 Å². The monoisotopic (exact) mass is 251 g/mol. The average Bonchev–Trinajstić information content (AvgIpc) is 2.77. The Morgan fingerprint density at radius 3 is 3.00 bits per heavy atom. The summed E-state index contributed by atoms with van der Waals surface area (Å²) in [5.74, 6) is 1.52. The first-order valence-corrected chi connectivity index (χ1v) is 7.36. The van der Waals surface area contributed by atoms with Crippen molar-refractivity contribution in [1.29, 1.82) is 0 Å². The Morgan fingerprint density at radius 2 is 2.29 bits per heavy atom. The van der Waals surface area contributed by atoms with Crippen LogP contribution in [0.3, 0.4) is 0 Å². The number of carbonyl (C=O) groups is 1. The lowest BCUT2D eigenvalue weighted by atomic mass is 9.78. The number of rotatable bonds is 3. The first-order valence-electron chi connectivity index (χ1n) is 6.48. The molecule has 1 N–H and O–H groups in total. The highest BCUT2D eigenvalue weighted by Gasteiger charge is 2.27. The standard InChI is InChI=1S/C14H21NOS/c1-10-5-3-7-13(11(10)2)15-14(16)9-12-6-4-8-17-12/h4,6,8,10-11,13H,3,5,7,9H2,1-2H3,(H,15,16)/t10-,11-,13-/m1/s1. The van der Waals surface area contributed by atoms with Crippen molar-refractivity contribution in [2.24, 2.45) is 11.8 Å². The van der Waals surface area contributed by atoms with Crippen molar-refractivity contribution in [1.82, 2.24) is 5.32 Å². The summed E-state index contributed by atoms with van der Waals surface area (Å²) in [4.78, 5) is 13.1. The summed E-state index contributed by atoms with van der Waals surface area (Å²) in [7, 11) is 0. The van der Waals surface area contributed by atoms with Gasteiger partial charge in [-0.2, -0.15) is 0 Å². The van der Waals surface area contributed by atoms with E-state index in [4.69, 9.17) is 0 Å². The lowest BCUT2D eigenvalue weighted by molar-refractivity contribution is -0.121. The van der Waals surface area contributed by atoms with Crippen LogP contribution in [0.1, 0.15) is 38.0 Å². The molecule has 2 rings (SSSR count). The van der Waals surface area contributed by atoms with Crippen LogP contribution in [0.15, 0.2) is 17.5 Å². The quantitative estimate of drug-likeness (QED) is 0.878. The van der Waals surface area contributed by atoms with Gasteiger partial charge in [0.1, 0.15) is 0 Å². The minimum absolute atomic E-state index is 0.179. The smallest absolute Gasteiger partial charge is 0.225 e. The molecular formula is C14H21NOS. The van der Waals surface area contributed by atoms with E-state index in [1.807, 2.05) is 17.5 Å². The molecule has 1 fully saturated rings. The van der Waals surface area contributed by atoms with Gasteiger partial charge in [-0.15, -0.1) is 11.3 Å². The van der Waals surface area contributed by atoms with Gasteiger partial charge in [0, 0.05) is 10.9 Å². The van der Waals surface area contributed by atoms with Gasteiger partial charge < -0.3 is 5.32 Å². The molecule has 1 aliphatic carbocycles. The van der Waals surface area contributed by atoms with E-state index in [9.17, 15) is 4.79 Å². The molecule has 0 bridgehead atoms. The lowest BCUT2D eigenvalue weighted by Gasteiger charge is -2.34. The molecule has 17 heavy (non-hydrogen) atoms. The molecule has 1 saturated carbocycles. The maximum absolute atomic E-state index is 11.9. The van der Waals surface area contributed by atoms with Crippen LogP contribution in [0.4, 0.5) is 0 Å². The third kappa shape index (κ3) is 3.32. The van der Waals surface area contributed by atoms with Crippen molar-refractivity contribution in [3.05, 3.63) is 22.4 Å². The molecule has 2 nitrogen and oxygen atoms in total. The lowest BCUT2D eigenvalue weighted by Crippen LogP contribution is -2.44. The molecule has 1 aromatic heterocycles. The molecule has 1 aromatic rings. The summed E-state index contributed by atoms with van der Waals surface area (Å²) in [6.45, 7) is 4.56. The SMILES string of the molecule is C[C@@H]1[C@H](C)CCC[C@H]1NC(=O)Cc1cccs1. The van der Waals surface area contributed by atoms with E-state index in [2.05, 4.69) is 19.2 Å². The van der Waals surface area contributed by atoms with Crippen LogP contribution in [-0.4, -0.2) is 11.9 Å². The molecule has 0 radical (unpaired) electrons. The van der Waals surface area contributed by atoms with Crippen molar-refractivity contribution in [3.8, 4) is 0 Å². The van der Waals surface area contributed by atoms with Crippen LogP contribution >= 0.6 is 11.3 Å². The minimum Gasteiger partial charge on any atom is -0.353 e. The molecule has 0 saturated heterocycles. The predicted octanol–water partition coefficient (Wildman–Crippen LogP) is 3.23. The van der Waals surface area contributed by atoms with Crippen molar-refractivity contribution in [2.45, 2.75) is 45.6 Å². The van der Waals surface area contributed by atoms with Crippen LogP contribution in [0.5, 0.6) is 0 Å². The number of carbonyl (C=O) groups excluding carboxylic acids is 1. The fraction of sp³-hybridized carbons (Fsp3) is 0.643. The molecule has 1 amide bonds. The highest BCUT2D eigenvalue weighted by atomic mass is 32.1. The number of hydrogen-bond acceptors (Lipinski definition) is 2. The summed E-state index contributed by atoms with van der Waals surface area (Å²) in [5.41, 5.74) is 0. The molecule has 3 atom stereocenters. The highest BCUT2D eigenvalue weighted by Crippen LogP contribution is 2.29. The van der Waals surface area contributed by atoms with Crippen molar-refractivity contribution in [3.63, 3.8) is 0 Å². The second-order valence-electron chi connectivity index (χ2n) is 5.20. The highest BCUT2D eigenvalue weighted by molar-refractivity contribution is 7.10. The topological polar surface area (TPSA) is 29.1 Å². The van der Waals surface area contributed by atoms with Gasteiger partial charge in [0.05, 0.1) is 6.42 Å². The Kier molecular flexibility index (Phi) is 4.21. The first-order chi connectivity index (χ1) is 8.16. The molecule has 3 heteroatoms. The third-order valence-corrected chi connectivity index (χ3v) is 4.84. The van der Waals surface area contributed by atoms with E-state index < -0.39 is 0 Å². The first kappa shape index (κ1) is 12.6. The van der Waals surface area contributed by atoms with Crippen molar-refractivity contribution >= 4 is 17.2 Å². The summed E-state index contributed by atoms with van der Waals surface area (Å²) in [6, 6.07) is 4.40. The zero-order chi connectivity index (χ0) is 12.3. The predicted molar refractivity (Wildman–Crippen MR) is 72.1 cm³/mol. The zero-order valence-electron chi connectivity index (χ0n) is 10.6. The number of hydrogen-bond donors (Lipinski definition) is 1. The van der Waals surface area contributed by atoms with E-state index >= 15 is 0 Å². The van der Waals surface area contributed by atoms with E-state index in [1.165, 1.54) is 12.8 Å². The third-order valence-electron chi connectivity index (χ3n) is 3.97. The summed E-state index contributed by atoms with van der Waals surface area (Å²) in [6.07, 6.45) is 4.23. The Bertz CT molecular complexity index is 360. The van der Waals surface area contributed by atoms with Gasteiger partial charge in [0.2, 0.25) is 5.91 Å². The largest absolute Gasteiger partial charge is 0.353 e. The molecule has 1 heterocycles. The van der Waals surface area contributed by atoms with E-state index in [0.29, 0.717) is 18.4 Å². The maximum atomic E-state index is 11.9. The molecule has 0 aromatic carbocycles. The van der Waals surface area contributed by atoms with Crippen LogP contribution in [0.25, 0.3) is 0 Å². The van der Waals surface area contributed by atoms with Gasteiger partial charge in [0.25, 0.3) is 0 Å². The second-order valence-corrected chi connectivity index (χ2v) is 6.23. The van der Waals surface area contributed by atoms with Crippen molar-refractivity contribution < 1.29 is 4.79 Å².